The number of benzene rings is 1. The summed E-state index contributed by atoms with van der Waals surface area (Å²) in [6.45, 7) is 1.16. The van der Waals surface area contributed by atoms with Crippen LogP contribution < -0.4 is 20.1 Å². The number of hydrogen-bond donors (Lipinski definition) is 3. The van der Waals surface area contributed by atoms with E-state index in [0.717, 1.165) is 25.9 Å². The van der Waals surface area contributed by atoms with E-state index < -0.39 is 33.9 Å². The van der Waals surface area contributed by atoms with Crippen molar-refractivity contribution in [1.29, 1.82) is 0 Å². The van der Waals surface area contributed by atoms with Crippen molar-refractivity contribution in [1.82, 2.24) is 20.2 Å². The van der Waals surface area contributed by atoms with Gasteiger partial charge in [-0.2, -0.15) is 0 Å². The average molecular weight is 592 g/mol. The maximum atomic E-state index is 13.6. The molecule has 3 aliphatic rings. The molecule has 1 aliphatic carbocycles. The first-order valence-corrected chi connectivity index (χ1v) is 15.3. The van der Waals surface area contributed by atoms with Gasteiger partial charge in [0.1, 0.15) is 5.69 Å². The second kappa shape index (κ2) is 10.4. The van der Waals surface area contributed by atoms with E-state index in [4.69, 9.17) is 9.52 Å². The number of nitrogens with zero attached hydrogens (tertiary/aromatic N) is 5. The molecule has 4 heterocycles. The van der Waals surface area contributed by atoms with Crippen LogP contribution in [0.3, 0.4) is 0 Å². The van der Waals surface area contributed by atoms with Crippen molar-refractivity contribution in [2.45, 2.75) is 44.4 Å². The van der Waals surface area contributed by atoms with Gasteiger partial charge in [0.15, 0.2) is 0 Å². The summed E-state index contributed by atoms with van der Waals surface area (Å²) in [6, 6.07) is 6.20. The van der Waals surface area contributed by atoms with Gasteiger partial charge in [-0.25, -0.2) is 22.2 Å². The number of piperidine rings is 2. The number of hydrogen-bond acceptors (Lipinski definition) is 10. The zero-order valence-electron chi connectivity index (χ0n) is 22.3. The van der Waals surface area contributed by atoms with Crippen LogP contribution in [0.15, 0.2) is 33.5 Å². The zero-order valence-corrected chi connectivity index (χ0v) is 23.1. The van der Waals surface area contributed by atoms with E-state index in [9.17, 15) is 22.0 Å². The van der Waals surface area contributed by atoms with Crippen LogP contribution in [0.2, 0.25) is 0 Å². The minimum Gasteiger partial charge on any atom is -0.415 e. The summed E-state index contributed by atoms with van der Waals surface area (Å²) in [5.41, 5.74) is 1.70. The normalized spacial score (nSPS) is 19.9. The Balaban J connectivity index is 1.31. The van der Waals surface area contributed by atoms with Gasteiger partial charge in [-0.15, -0.1) is 10.2 Å². The summed E-state index contributed by atoms with van der Waals surface area (Å²) in [5.74, 6) is -2.86. The van der Waals surface area contributed by atoms with Crippen LogP contribution in [0.4, 0.5) is 26.1 Å². The molecule has 12 nitrogen and oxygen atoms in total. The lowest BCUT2D eigenvalue weighted by Crippen LogP contribution is -2.40. The van der Waals surface area contributed by atoms with E-state index in [-0.39, 0.29) is 49.4 Å². The van der Waals surface area contributed by atoms with E-state index >= 15 is 0 Å². The predicted octanol–water partition coefficient (Wildman–Crippen LogP) is 2.84. The molecule has 1 saturated carbocycles. The lowest BCUT2D eigenvalue weighted by atomic mass is 9.93. The highest BCUT2D eigenvalue weighted by Gasteiger charge is 2.44. The van der Waals surface area contributed by atoms with Gasteiger partial charge < -0.3 is 19.3 Å². The Morgan fingerprint density at radius 3 is 2.34 bits per heavy atom. The summed E-state index contributed by atoms with van der Waals surface area (Å²) in [5, 5.41) is 17.4. The van der Waals surface area contributed by atoms with Crippen molar-refractivity contribution < 1.29 is 26.7 Å². The van der Waals surface area contributed by atoms with Crippen LogP contribution in [-0.4, -0.2) is 78.2 Å². The molecular formula is C26H31F2N7O5S. The van der Waals surface area contributed by atoms with Crippen molar-refractivity contribution in [2.24, 2.45) is 5.41 Å². The van der Waals surface area contributed by atoms with Gasteiger partial charge in [-0.1, -0.05) is 0 Å². The molecule has 220 valence electrons. The Kier molecular flexibility index (Phi) is 6.96. The summed E-state index contributed by atoms with van der Waals surface area (Å²) in [7, 11) is -3.73. The van der Waals surface area contributed by atoms with Crippen LogP contribution in [0.25, 0.3) is 23.0 Å². The van der Waals surface area contributed by atoms with Gasteiger partial charge in [-0.3, -0.25) is 14.5 Å². The molecule has 0 amide bonds. The van der Waals surface area contributed by atoms with E-state index in [1.165, 1.54) is 18.9 Å². The molecule has 2 aromatic heterocycles. The highest BCUT2D eigenvalue weighted by molar-refractivity contribution is 7.92. The molecule has 0 atom stereocenters. The van der Waals surface area contributed by atoms with Crippen molar-refractivity contribution in [3.63, 3.8) is 0 Å². The molecule has 2 aliphatic heterocycles. The predicted molar refractivity (Wildman–Crippen MR) is 148 cm³/mol. The topological polar surface area (TPSA) is 158 Å². The van der Waals surface area contributed by atoms with E-state index in [0.29, 0.717) is 22.4 Å². The number of sulfonamides is 1. The SMILES string of the molecule is O=c1cc(-c2nnc(-c3ccc(NS(=O)(=O)CCO)cc3N3CCC4(CC3)CC4)o2)nc(N2CCC(F)(F)CC2)[nH]1. The Bertz CT molecular complexity index is 1590. The van der Waals surface area contributed by atoms with Crippen LogP contribution >= 0.6 is 0 Å². The summed E-state index contributed by atoms with van der Waals surface area (Å²) in [4.78, 5) is 23.2. The van der Waals surface area contributed by atoms with E-state index in [2.05, 4.69) is 29.8 Å². The summed E-state index contributed by atoms with van der Waals surface area (Å²) < 4.78 is 60.3. The second-order valence-corrected chi connectivity index (χ2v) is 12.9. The zero-order chi connectivity index (χ0) is 28.8. The van der Waals surface area contributed by atoms with Crippen molar-refractivity contribution >= 4 is 27.3 Å². The third-order valence-corrected chi connectivity index (χ3v) is 9.42. The molecule has 3 N–H and O–H groups in total. The number of halogens is 2. The van der Waals surface area contributed by atoms with Crippen molar-refractivity contribution in [2.75, 3.05) is 53.1 Å². The minimum atomic E-state index is -3.73. The second-order valence-electron chi connectivity index (χ2n) is 11.1. The quantitative estimate of drug-likeness (QED) is 0.356. The maximum Gasteiger partial charge on any atom is 0.266 e. The Hall–Kier alpha value is -3.59. The van der Waals surface area contributed by atoms with Crippen molar-refractivity contribution in [3.8, 4) is 23.0 Å². The number of aliphatic hydroxyl groups is 1. The average Bonchev–Trinajstić information content (AvgIpc) is 3.48. The van der Waals surface area contributed by atoms with Gasteiger partial charge in [-0.05, 0) is 49.3 Å². The molecular weight excluding hydrogens is 560 g/mol. The Morgan fingerprint density at radius 2 is 1.66 bits per heavy atom. The highest BCUT2D eigenvalue weighted by Crippen LogP contribution is 2.54. The molecule has 6 rings (SSSR count). The van der Waals surface area contributed by atoms with Gasteiger partial charge in [0.25, 0.3) is 17.4 Å². The molecule has 41 heavy (non-hydrogen) atoms. The molecule has 15 heteroatoms. The smallest absolute Gasteiger partial charge is 0.266 e. The number of nitrogens with one attached hydrogen (secondary N) is 2. The molecule has 2 saturated heterocycles. The number of aromatic amines is 1. The summed E-state index contributed by atoms with van der Waals surface area (Å²) >= 11 is 0. The van der Waals surface area contributed by atoms with Crippen molar-refractivity contribution in [3.05, 3.63) is 34.6 Å². The lowest BCUT2D eigenvalue weighted by molar-refractivity contribution is -0.0222. The number of aromatic nitrogens is 4. The third-order valence-electron chi connectivity index (χ3n) is 8.15. The van der Waals surface area contributed by atoms with Gasteiger partial charge >= 0.3 is 0 Å². The molecule has 0 unspecified atom stereocenters. The van der Waals surface area contributed by atoms with Gasteiger partial charge in [0.05, 0.1) is 29.3 Å². The Labute approximate surface area is 234 Å². The number of anilines is 3. The lowest BCUT2D eigenvalue weighted by Gasteiger charge is -2.35. The van der Waals surface area contributed by atoms with Crippen LogP contribution in [0.1, 0.15) is 38.5 Å². The minimum absolute atomic E-state index is 0.0102. The number of rotatable bonds is 8. The monoisotopic (exact) mass is 591 g/mol. The summed E-state index contributed by atoms with van der Waals surface area (Å²) in [6.07, 6.45) is 3.85. The maximum absolute atomic E-state index is 13.6. The molecule has 1 spiro atoms. The molecule has 3 aromatic rings. The number of H-pyrrole nitrogens is 1. The fourth-order valence-electron chi connectivity index (χ4n) is 5.47. The largest absolute Gasteiger partial charge is 0.415 e. The van der Waals surface area contributed by atoms with E-state index in [1.54, 1.807) is 23.1 Å². The molecule has 0 radical (unpaired) electrons. The van der Waals surface area contributed by atoms with E-state index in [1.807, 2.05) is 0 Å². The molecule has 0 bridgehead atoms. The third kappa shape index (κ3) is 6.05. The number of alkyl halides is 2. The first-order chi connectivity index (χ1) is 19.5. The van der Waals surface area contributed by atoms with Gasteiger partial charge in [0, 0.05) is 45.1 Å². The van der Waals surface area contributed by atoms with Crippen LogP contribution in [0.5, 0.6) is 0 Å². The Morgan fingerprint density at radius 1 is 0.976 bits per heavy atom. The fraction of sp³-hybridized carbons (Fsp3) is 0.538. The van der Waals surface area contributed by atoms with Gasteiger partial charge in [0.2, 0.25) is 21.9 Å². The number of aliphatic hydroxyl groups excluding tert-OH is 1. The van der Waals surface area contributed by atoms with Crippen LogP contribution in [0, 0.1) is 5.41 Å². The fourth-order valence-corrected chi connectivity index (χ4v) is 6.30. The van der Waals surface area contributed by atoms with Crippen LogP contribution in [-0.2, 0) is 10.0 Å². The first-order valence-electron chi connectivity index (χ1n) is 13.6. The standard InChI is InChI=1S/C26H31F2N7O5S/c27-26(28)7-11-35(12-8-26)24-29-19(16-21(37)30-24)23-32-31-22(40-23)18-2-1-17(33-41(38,39)14-13-36)15-20(18)34-9-5-25(3-4-25)6-10-34/h1-2,15-16,33,36H,3-14H2,(H,29,30,37). The molecule has 3 fully saturated rings. The first kappa shape index (κ1) is 27.6. The molecule has 1 aromatic carbocycles. The highest BCUT2D eigenvalue weighted by atomic mass is 32.2.